The van der Waals surface area contributed by atoms with Crippen LogP contribution in [0.2, 0.25) is 0 Å². The van der Waals surface area contributed by atoms with Crippen molar-refractivity contribution in [2.24, 2.45) is 0 Å². The third-order valence-corrected chi connectivity index (χ3v) is 1.73. The SMILES string of the molecule is C=CCCCCP(O)O. The van der Waals surface area contributed by atoms with Crippen molar-refractivity contribution in [3.63, 3.8) is 0 Å². The molecule has 0 radical (unpaired) electrons. The summed E-state index contributed by atoms with van der Waals surface area (Å²) in [4.78, 5) is 16.9. The zero-order chi connectivity index (χ0) is 7.11. The van der Waals surface area contributed by atoms with Gasteiger partial charge in [-0.2, -0.15) is 0 Å². The summed E-state index contributed by atoms with van der Waals surface area (Å²) in [5.74, 6) is 0. The van der Waals surface area contributed by atoms with Gasteiger partial charge in [0.2, 0.25) is 0 Å². The Morgan fingerprint density at radius 1 is 1.33 bits per heavy atom. The molecule has 0 aliphatic carbocycles. The van der Waals surface area contributed by atoms with Crippen LogP contribution in [0.15, 0.2) is 12.7 Å². The van der Waals surface area contributed by atoms with Crippen LogP contribution in [-0.2, 0) is 0 Å². The van der Waals surface area contributed by atoms with Gasteiger partial charge in [-0.15, -0.1) is 6.58 Å². The molecular weight excluding hydrogens is 135 g/mol. The van der Waals surface area contributed by atoms with E-state index in [1.54, 1.807) is 0 Å². The molecule has 0 saturated carbocycles. The highest BCUT2D eigenvalue weighted by molar-refractivity contribution is 7.45. The first-order chi connectivity index (χ1) is 4.27. The highest BCUT2D eigenvalue weighted by Gasteiger charge is 1.95. The van der Waals surface area contributed by atoms with E-state index in [1.165, 1.54) is 0 Å². The molecule has 0 heterocycles. The highest BCUT2D eigenvalue weighted by Crippen LogP contribution is 2.24. The maximum Gasteiger partial charge on any atom is 0.164 e. The van der Waals surface area contributed by atoms with Gasteiger partial charge < -0.3 is 9.79 Å². The largest absolute Gasteiger partial charge is 0.350 e. The molecule has 0 aromatic heterocycles. The first kappa shape index (κ1) is 9.09. The van der Waals surface area contributed by atoms with E-state index in [9.17, 15) is 0 Å². The lowest BCUT2D eigenvalue weighted by Crippen LogP contribution is -1.81. The number of unbranched alkanes of at least 4 members (excludes halogenated alkanes) is 2. The van der Waals surface area contributed by atoms with Crippen LogP contribution in [0.3, 0.4) is 0 Å². The van der Waals surface area contributed by atoms with E-state index in [0.29, 0.717) is 6.16 Å². The van der Waals surface area contributed by atoms with Gasteiger partial charge in [-0.1, -0.05) is 6.08 Å². The second kappa shape index (κ2) is 6.21. The van der Waals surface area contributed by atoms with Gasteiger partial charge in [-0.05, 0) is 19.3 Å². The van der Waals surface area contributed by atoms with E-state index in [4.69, 9.17) is 9.79 Å². The fourth-order valence-electron chi connectivity index (χ4n) is 0.542. The molecule has 2 N–H and O–H groups in total. The van der Waals surface area contributed by atoms with E-state index < -0.39 is 8.38 Å². The molecular formula is C6H13O2P. The molecule has 0 spiro atoms. The smallest absolute Gasteiger partial charge is 0.164 e. The summed E-state index contributed by atoms with van der Waals surface area (Å²) in [6, 6.07) is 0. The van der Waals surface area contributed by atoms with E-state index in [-0.39, 0.29) is 0 Å². The Balaban J connectivity index is 2.82. The molecule has 9 heavy (non-hydrogen) atoms. The number of hydrogen-bond donors (Lipinski definition) is 2. The lowest BCUT2D eigenvalue weighted by atomic mass is 10.2. The zero-order valence-corrected chi connectivity index (χ0v) is 6.35. The van der Waals surface area contributed by atoms with Crippen molar-refractivity contribution in [3.8, 4) is 0 Å². The van der Waals surface area contributed by atoms with Gasteiger partial charge in [0, 0.05) is 6.16 Å². The molecule has 0 aliphatic rings. The minimum absolute atomic E-state index is 0.545. The number of allylic oxidation sites excluding steroid dienone is 1. The topological polar surface area (TPSA) is 40.5 Å². The van der Waals surface area contributed by atoms with Crippen LogP contribution in [0, 0.1) is 0 Å². The summed E-state index contributed by atoms with van der Waals surface area (Å²) in [6.07, 6.45) is 5.28. The molecule has 2 nitrogen and oxygen atoms in total. The van der Waals surface area contributed by atoms with Crippen molar-refractivity contribution in [1.29, 1.82) is 0 Å². The minimum Gasteiger partial charge on any atom is -0.350 e. The Kier molecular flexibility index (Phi) is 6.28. The van der Waals surface area contributed by atoms with Gasteiger partial charge in [-0.25, -0.2) is 0 Å². The fourth-order valence-corrected chi connectivity index (χ4v) is 1.05. The van der Waals surface area contributed by atoms with Crippen molar-refractivity contribution in [3.05, 3.63) is 12.7 Å². The Morgan fingerprint density at radius 3 is 2.44 bits per heavy atom. The van der Waals surface area contributed by atoms with Crippen LogP contribution in [0.1, 0.15) is 19.3 Å². The molecule has 0 rings (SSSR count). The predicted octanol–water partition coefficient (Wildman–Crippen LogP) is 1.64. The molecule has 0 aromatic rings. The normalized spacial score (nSPS) is 10.1. The van der Waals surface area contributed by atoms with E-state index >= 15 is 0 Å². The molecule has 0 fully saturated rings. The summed E-state index contributed by atoms with van der Waals surface area (Å²) in [7, 11) is -1.65. The molecule has 0 bridgehead atoms. The van der Waals surface area contributed by atoms with Crippen molar-refractivity contribution in [2.45, 2.75) is 19.3 Å². The Labute approximate surface area is 57.1 Å². The Bertz CT molecular complexity index is 73.5. The molecule has 0 unspecified atom stereocenters. The lowest BCUT2D eigenvalue weighted by molar-refractivity contribution is 0.479. The van der Waals surface area contributed by atoms with Crippen LogP contribution < -0.4 is 0 Å². The van der Waals surface area contributed by atoms with Crippen LogP contribution >= 0.6 is 8.38 Å². The predicted molar refractivity (Wildman–Crippen MR) is 40.3 cm³/mol. The first-order valence-corrected chi connectivity index (χ1v) is 4.47. The molecule has 54 valence electrons. The zero-order valence-electron chi connectivity index (χ0n) is 5.45. The molecule has 0 aromatic carbocycles. The van der Waals surface area contributed by atoms with Crippen molar-refractivity contribution in [2.75, 3.05) is 6.16 Å². The third-order valence-electron chi connectivity index (χ3n) is 1.02. The van der Waals surface area contributed by atoms with E-state index in [1.807, 2.05) is 6.08 Å². The van der Waals surface area contributed by atoms with Gasteiger partial charge in [0.1, 0.15) is 0 Å². The average Bonchev–Trinajstić information content (AvgIpc) is 1.80. The fraction of sp³-hybridized carbons (Fsp3) is 0.667. The maximum absolute atomic E-state index is 8.45. The lowest BCUT2D eigenvalue weighted by Gasteiger charge is -1.98. The minimum atomic E-state index is -1.65. The molecule has 0 saturated heterocycles. The second-order valence-electron chi connectivity index (χ2n) is 1.88. The first-order valence-electron chi connectivity index (χ1n) is 3.03. The molecule has 0 amide bonds. The van der Waals surface area contributed by atoms with Crippen molar-refractivity contribution < 1.29 is 9.79 Å². The van der Waals surface area contributed by atoms with Crippen LogP contribution in [0.25, 0.3) is 0 Å². The van der Waals surface area contributed by atoms with E-state index in [2.05, 4.69) is 6.58 Å². The maximum atomic E-state index is 8.45. The Morgan fingerprint density at radius 2 is 2.00 bits per heavy atom. The van der Waals surface area contributed by atoms with Gasteiger partial charge >= 0.3 is 0 Å². The number of hydrogen-bond acceptors (Lipinski definition) is 2. The van der Waals surface area contributed by atoms with Gasteiger partial charge in [0.05, 0.1) is 0 Å². The van der Waals surface area contributed by atoms with E-state index in [0.717, 1.165) is 19.3 Å². The standard InChI is InChI=1S/C6H13O2P/c1-2-3-4-5-6-9(7)8/h2,7-8H,1,3-6H2. The summed E-state index contributed by atoms with van der Waals surface area (Å²) in [6.45, 7) is 3.56. The van der Waals surface area contributed by atoms with Crippen LogP contribution in [0.4, 0.5) is 0 Å². The third kappa shape index (κ3) is 8.09. The highest BCUT2D eigenvalue weighted by atomic mass is 31.2. The molecule has 3 heteroatoms. The second-order valence-corrected chi connectivity index (χ2v) is 3.07. The van der Waals surface area contributed by atoms with Crippen molar-refractivity contribution in [1.82, 2.24) is 0 Å². The summed E-state index contributed by atoms with van der Waals surface area (Å²) in [5, 5.41) is 0. The summed E-state index contributed by atoms with van der Waals surface area (Å²) in [5.41, 5.74) is 0. The van der Waals surface area contributed by atoms with Crippen LogP contribution in [0.5, 0.6) is 0 Å². The average molecular weight is 148 g/mol. The van der Waals surface area contributed by atoms with Gasteiger partial charge in [-0.3, -0.25) is 0 Å². The van der Waals surface area contributed by atoms with Crippen molar-refractivity contribution >= 4 is 8.38 Å². The van der Waals surface area contributed by atoms with Gasteiger partial charge in [0.15, 0.2) is 8.38 Å². The monoisotopic (exact) mass is 148 g/mol. The number of rotatable bonds is 5. The quantitative estimate of drug-likeness (QED) is 0.353. The molecule has 0 atom stereocenters. The van der Waals surface area contributed by atoms with Gasteiger partial charge in [0.25, 0.3) is 0 Å². The Hall–Kier alpha value is 0.0900. The summed E-state index contributed by atoms with van der Waals surface area (Å²) < 4.78 is 0. The molecule has 0 aliphatic heterocycles. The summed E-state index contributed by atoms with van der Waals surface area (Å²) >= 11 is 0. The van der Waals surface area contributed by atoms with Crippen LogP contribution in [-0.4, -0.2) is 15.9 Å².